The first kappa shape index (κ1) is 14.6. The molecule has 0 fully saturated rings. The Hall–Kier alpha value is -1.79. The lowest BCUT2D eigenvalue weighted by atomic mass is 10.1. The number of thioether (sulfide) groups is 1. The van der Waals surface area contributed by atoms with E-state index < -0.39 is 0 Å². The highest BCUT2D eigenvalue weighted by Crippen LogP contribution is 2.35. The third-order valence-corrected chi connectivity index (χ3v) is 4.19. The van der Waals surface area contributed by atoms with Crippen LogP contribution in [0.2, 0.25) is 0 Å². The highest BCUT2D eigenvalue weighted by Gasteiger charge is 2.19. The van der Waals surface area contributed by atoms with Crippen LogP contribution in [0.4, 0.5) is 0 Å². The molecule has 0 radical (unpaired) electrons. The third-order valence-electron chi connectivity index (χ3n) is 2.81. The maximum Gasteiger partial charge on any atom is 0.251 e. The summed E-state index contributed by atoms with van der Waals surface area (Å²) in [4.78, 5) is 18.2. The van der Waals surface area contributed by atoms with Crippen molar-refractivity contribution in [3.05, 3.63) is 52.4 Å². The molecule has 0 aliphatic carbocycles. The van der Waals surface area contributed by atoms with Crippen LogP contribution in [0, 0.1) is 0 Å². The van der Waals surface area contributed by atoms with Gasteiger partial charge in [-0.3, -0.25) is 4.79 Å². The van der Waals surface area contributed by atoms with E-state index in [1.54, 1.807) is 7.11 Å². The summed E-state index contributed by atoms with van der Waals surface area (Å²) < 4.78 is 5.15. The van der Waals surface area contributed by atoms with E-state index in [0.717, 1.165) is 11.3 Å². The summed E-state index contributed by atoms with van der Waals surface area (Å²) in [6.07, 6.45) is 1.49. The van der Waals surface area contributed by atoms with E-state index >= 15 is 0 Å². The summed E-state index contributed by atoms with van der Waals surface area (Å²) in [6.45, 7) is 1.93. The largest absolute Gasteiger partial charge is 0.497 e. The van der Waals surface area contributed by atoms with E-state index in [0.29, 0.717) is 5.16 Å². The van der Waals surface area contributed by atoms with Crippen molar-refractivity contribution in [1.29, 1.82) is 0 Å². The molecular formula is C14H17N3O2S. The number of ether oxygens (including phenoxy) is 1. The SMILES string of the molecule is COc1ccc(C(Sc2nccc(=O)[nH]2)C(C)N)cc1. The molecule has 2 unspecified atom stereocenters. The average Bonchev–Trinajstić information content (AvgIpc) is 2.45. The van der Waals surface area contributed by atoms with Crippen LogP contribution in [0.5, 0.6) is 5.75 Å². The average molecular weight is 291 g/mol. The quantitative estimate of drug-likeness (QED) is 0.650. The smallest absolute Gasteiger partial charge is 0.251 e. The standard InChI is InChI=1S/C14H17N3O2S/c1-9(15)13(10-3-5-11(19-2)6-4-10)20-14-16-8-7-12(18)17-14/h3-9,13H,15H2,1-2H3,(H,16,17,18). The highest BCUT2D eigenvalue weighted by molar-refractivity contribution is 7.99. The molecule has 0 bridgehead atoms. The molecular weight excluding hydrogens is 274 g/mol. The number of nitrogens with one attached hydrogen (secondary N) is 1. The van der Waals surface area contributed by atoms with E-state index in [1.807, 2.05) is 31.2 Å². The van der Waals surface area contributed by atoms with E-state index in [2.05, 4.69) is 9.97 Å². The van der Waals surface area contributed by atoms with Gasteiger partial charge in [-0.15, -0.1) is 0 Å². The monoisotopic (exact) mass is 291 g/mol. The number of hydrogen-bond acceptors (Lipinski definition) is 5. The van der Waals surface area contributed by atoms with Crippen LogP contribution in [0.3, 0.4) is 0 Å². The summed E-state index contributed by atoms with van der Waals surface area (Å²) in [5, 5.41) is 0.571. The first-order chi connectivity index (χ1) is 9.60. The second-order valence-electron chi connectivity index (χ2n) is 4.41. The lowest BCUT2D eigenvalue weighted by Crippen LogP contribution is -2.23. The number of H-pyrrole nitrogens is 1. The number of benzene rings is 1. The Morgan fingerprint density at radius 3 is 2.55 bits per heavy atom. The van der Waals surface area contributed by atoms with Crippen LogP contribution in [-0.2, 0) is 0 Å². The molecule has 1 aromatic carbocycles. The van der Waals surface area contributed by atoms with Crippen LogP contribution in [-0.4, -0.2) is 23.1 Å². The lowest BCUT2D eigenvalue weighted by molar-refractivity contribution is 0.414. The van der Waals surface area contributed by atoms with Gasteiger partial charge in [0.05, 0.1) is 12.4 Å². The Morgan fingerprint density at radius 1 is 1.30 bits per heavy atom. The van der Waals surface area contributed by atoms with Gasteiger partial charge < -0.3 is 15.5 Å². The number of methoxy groups -OCH3 is 1. The van der Waals surface area contributed by atoms with Gasteiger partial charge in [0, 0.05) is 18.3 Å². The number of rotatable bonds is 5. The van der Waals surface area contributed by atoms with E-state index in [-0.39, 0.29) is 16.9 Å². The van der Waals surface area contributed by atoms with Crippen LogP contribution < -0.4 is 16.0 Å². The van der Waals surface area contributed by atoms with Gasteiger partial charge in [-0.1, -0.05) is 23.9 Å². The second-order valence-corrected chi connectivity index (χ2v) is 5.54. The van der Waals surface area contributed by atoms with Gasteiger partial charge in [0.15, 0.2) is 5.16 Å². The van der Waals surface area contributed by atoms with Crippen molar-refractivity contribution < 1.29 is 4.74 Å². The fraction of sp³-hybridized carbons (Fsp3) is 0.286. The zero-order valence-electron chi connectivity index (χ0n) is 11.4. The Bertz CT molecular complexity index is 610. The van der Waals surface area contributed by atoms with E-state index in [1.165, 1.54) is 24.0 Å². The molecule has 0 amide bonds. The van der Waals surface area contributed by atoms with Crippen molar-refractivity contribution in [3.8, 4) is 5.75 Å². The summed E-state index contributed by atoms with van der Waals surface area (Å²) in [6, 6.07) is 9.04. The molecule has 0 saturated heterocycles. The third kappa shape index (κ3) is 3.61. The van der Waals surface area contributed by atoms with Crippen molar-refractivity contribution in [2.75, 3.05) is 7.11 Å². The van der Waals surface area contributed by atoms with Gasteiger partial charge >= 0.3 is 0 Å². The summed E-state index contributed by atoms with van der Waals surface area (Å²) in [7, 11) is 1.63. The molecule has 3 N–H and O–H groups in total. The predicted octanol–water partition coefficient (Wildman–Crippen LogP) is 1.96. The summed E-state index contributed by atoms with van der Waals surface area (Å²) >= 11 is 1.45. The molecule has 2 aromatic rings. The maximum absolute atomic E-state index is 11.3. The van der Waals surface area contributed by atoms with Crippen molar-refractivity contribution in [3.63, 3.8) is 0 Å². The van der Waals surface area contributed by atoms with Gasteiger partial charge in [0.25, 0.3) is 5.56 Å². The highest BCUT2D eigenvalue weighted by atomic mass is 32.2. The van der Waals surface area contributed by atoms with Gasteiger partial charge in [-0.25, -0.2) is 4.98 Å². The topological polar surface area (TPSA) is 81.0 Å². The number of aromatic amines is 1. The Labute approximate surface area is 121 Å². The Kier molecular flexibility index (Phi) is 4.81. The first-order valence-corrected chi connectivity index (χ1v) is 7.09. The fourth-order valence-electron chi connectivity index (χ4n) is 1.80. The lowest BCUT2D eigenvalue weighted by Gasteiger charge is -2.20. The minimum atomic E-state index is -0.166. The van der Waals surface area contributed by atoms with Crippen molar-refractivity contribution in [2.45, 2.75) is 23.4 Å². The number of nitrogens with zero attached hydrogens (tertiary/aromatic N) is 1. The van der Waals surface area contributed by atoms with E-state index in [4.69, 9.17) is 10.5 Å². The van der Waals surface area contributed by atoms with Crippen LogP contribution in [0.25, 0.3) is 0 Å². The molecule has 1 aromatic heterocycles. The molecule has 0 aliphatic rings. The van der Waals surface area contributed by atoms with Crippen molar-refractivity contribution in [2.24, 2.45) is 5.73 Å². The molecule has 2 rings (SSSR count). The predicted molar refractivity (Wildman–Crippen MR) is 80.1 cm³/mol. The van der Waals surface area contributed by atoms with Gasteiger partial charge in [0.1, 0.15) is 5.75 Å². The molecule has 0 saturated carbocycles. The molecule has 6 heteroatoms. The van der Waals surface area contributed by atoms with Crippen LogP contribution in [0.15, 0.2) is 46.5 Å². The normalized spacial score (nSPS) is 13.8. The fourth-order valence-corrected chi connectivity index (χ4v) is 2.83. The molecule has 20 heavy (non-hydrogen) atoms. The molecule has 2 atom stereocenters. The molecule has 106 valence electrons. The zero-order valence-corrected chi connectivity index (χ0v) is 12.2. The molecule has 0 aliphatic heterocycles. The van der Waals surface area contributed by atoms with Crippen molar-refractivity contribution >= 4 is 11.8 Å². The molecule has 0 spiro atoms. The minimum Gasteiger partial charge on any atom is -0.497 e. The Balaban J connectivity index is 2.24. The first-order valence-electron chi connectivity index (χ1n) is 6.21. The number of nitrogens with two attached hydrogens (primary N) is 1. The van der Waals surface area contributed by atoms with Crippen molar-refractivity contribution in [1.82, 2.24) is 9.97 Å². The minimum absolute atomic E-state index is 0.00598. The number of aromatic nitrogens is 2. The van der Waals surface area contributed by atoms with Gasteiger partial charge in [0.2, 0.25) is 0 Å². The van der Waals surface area contributed by atoms with Gasteiger partial charge in [-0.2, -0.15) is 0 Å². The molecule has 5 nitrogen and oxygen atoms in total. The van der Waals surface area contributed by atoms with E-state index in [9.17, 15) is 4.79 Å². The maximum atomic E-state index is 11.3. The summed E-state index contributed by atoms with van der Waals surface area (Å²) in [5.41, 5.74) is 6.95. The Morgan fingerprint density at radius 2 is 2.00 bits per heavy atom. The zero-order chi connectivity index (χ0) is 14.5. The van der Waals surface area contributed by atoms with Gasteiger partial charge in [-0.05, 0) is 24.6 Å². The van der Waals surface area contributed by atoms with Crippen LogP contribution >= 0.6 is 11.8 Å². The van der Waals surface area contributed by atoms with Crippen LogP contribution in [0.1, 0.15) is 17.7 Å². The summed E-state index contributed by atoms with van der Waals surface area (Å²) in [5.74, 6) is 0.799. The number of hydrogen-bond donors (Lipinski definition) is 2. The molecule has 1 heterocycles. The second kappa shape index (κ2) is 6.58.